The van der Waals surface area contributed by atoms with Gasteiger partial charge >= 0.3 is 0 Å². The molecule has 0 amide bonds. The molecule has 6 nitrogen and oxygen atoms in total. The van der Waals surface area contributed by atoms with Crippen molar-refractivity contribution >= 4 is 32.3 Å². The number of rotatable bonds is 4. The van der Waals surface area contributed by atoms with Crippen LogP contribution in [0.25, 0.3) is 10.8 Å². The number of pyridine rings is 1. The van der Waals surface area contributed by atoms with E-state index >= 15 is 0 Å². The number of benzene rings is 2. The zero-order valence-electron chi connectivity index (χ0n) is 16.1. The van der Waals surface area contributed by atoms with Crippen LogP contribution in [-0.4, -0.2) is 58.0 Å². The molecule has 2 aromatic carbocycles. The number of hydrogen-bond donors (Lipinski definition) is 0. The van der Waals surface area contributed by atoms with Gasteiger partial charge in [-0.05, 0) is 24.3 Å². The van der Waals surface area contributed by atoms with Crippen molar-refractivity contribution in [1.82, 2.24) is 9.29 Å². The summed E-state index contributed by atoms with van der Waals surface area (Å²) in [7, 11) is 0.361. The van der Waals surface area contributed by atoms with Gasteiger partial charge < -0.3 is 9.80 Å². The molecule has 1 fully saturated rings. The van der Waals surface area contributed by atoms with Crippen molar-refractivity contribution in [2.75, 3.05) is 50.1 Å². The van der Waals surface area contributed by atoms with Crippen molar-refractivity contribution in [2.45, 2.75) is 4.90 Å². The molecular weight excluding hydrogens is 372 g/mol. The van der Waals surface area contributed by atoms with Gasteiger partial charge in [0.1, 0.15) is 5.82 Å². The number of sulfonamides is 1. The summed E-state index contributed by atoms with van der Waals surface area (Å²) in [6.45, 7) is 2.15. The fourth-order valence-electron chi connectivity index (χ4n) is 3.72. The number of nitrogens with zero attached hydrogens (tertiary/aromatic N) is 4. The minimum atomic E-state index is -3.57. The predicted molar refractivity (Wildman–Crippen MR) is 113 cm³/mol. The first kappa shape index (κ1) is 18.7. The first-order valence-electron chi connectivity index (χ1n) is 9.34. The molecule has 1 aliphatic rings. The molecule has 0 radical (unpaired) electrons. The zero-order chi connectivity index (χ0) is 19.7. The Morgan fingerprint density at radius 2 is 1.57 bits per heavy atom. The minimum Gasteiger partial charge on any atom is -0.377 e. The molecule has 146 valence electrons. The highest BCUT2D eigenvalue weighted by molar-refractivity contribution is 7.89. The van der Waals surface area contributed by atoms with Gasteiger partial charge in [-0.15, -0.1) is 0 Å². The van der Waals surface area contributed by atoms with E-state index in [0.717, 1.165) is 22.3 Å². The maximum absolute atomic E-state index is 13.4. The normalized spacial score (nSPS) is 15.7. The van der Waals surface area contributed by atoms with E-state index in [-0.39, 0.29) is 0 Å². The highest BCUT2D eigenvalue weighted by Gasteiger charge is 2.30. The van der Waals surface area contributed by atoms with Crippen LogP contribution in [0.4, 0.5) is 11.5 Å². The summed E-state index contributed by atoms with van der Waals surface area (Å²) in [6, 6.07) is 17.1. The van der Waals surface area contributed by atoms with Gasteiger partial charge in [0, 0.05) is 62.9 Å². The summed E-state index contributed by atoms with van der Waals surface area (Å²) in [5, 5.41) is 1.71. The Bertz CT molecular complexity index is 1080. The maximum atomic E-state index is 13.4. The summed E-state index contributed by atoms with van der Waals surface area (Å²) < 4.78 is 28.4. The molecule has 1 saturated heterocycles. The second-order valence-corrected chi connectivity index (χ2v) is 9.01. The lowest BCUT2D eigenvalue weighted by molar-refractivity contribution is 0.384. The summed E-state index contributed by atoms with van der Waals surface area (Å²) in [5.41, 5.74) is 1.01. The first-order valence-corrected chi connectivity index (χ1v) is 10.8. The minimum absolute atomic E-state index is 0.375. The van der Waals surface area contributed by atoms with E-state index in [9.17, 15) is 8.42 Å². The van der Waals surface area contributed by atoms with Crippen LogP contribution in [-0.2, 0) is 10.0 Å². The van der Waals surface area contributed by atoms with Crippen LogP contribution < -0.4 is 9.80 Å². The quantitative estimate of drug-likeness (QED) is 0.679. The Labute approximate surface area is 166 Å². The smallest absolute Gasteiger partial charge is 0.243 e. The third-order valence-electron chi connectivity index (χ3n) is 5.17. The van der Waals surface area contributed by atoms with Crippen molar-refractivity contribution < 1.29 is 8.42 Å². The van der Waals surface area contributed by atoms with Gasteiger partial charge in [-0.1, -0.05) is 30.3 Å². The molecular formula is C21H24N4O2S. The standard InChI is InChI=1S/C21H24N4O2S/c1-23(2)19-9-5-8-18-17(19)7-6-10-20(18)28(26,27)25-15-13-24(14-16-25)21-11-3-4-12-22-21/h3-12H,13-16H2,1-2H3. The van der Waals surface area contributed by atoms with Crippen molar-refractivity contribution in [3.63, 3.8) is 0 Å². The van der Waals surface area contributed by atoms with Gasteiger partial charge in [-0.3, -0.25) is 0 Å². The highest BCUT2D eigenvalue weighted by atomic mass is 32.2. The van der Waals surface area contributed by atoms with Crippen LogP contribution in [0.2, 0.25) is 0 Å². The van der Waals surface area contributed by atoms with Crippen LogP contribution in [0.5, 0.6) is 0 Å². The second-order valence-electron chi connectivity index (χ2n) is 7.10. The fourth-order valence-corrected chi connectivity index (χ4v) is 5.35. The van der Waals surface area contributed by atoms with Crippen LogP contribution in [0.1, 0.15) is 0 Å². The zero-order valence-corrected chi connectivity index (χ0v) is 16.9. The maximum Gasteiger partial charge on any atom is 0.243 e. The molecule has 2 heterocycles. The lowest BCUT2D eigenvalue weighted by atomic mass is 10.1. The Kier molecular flexibility index (Phi) is 4.95. The summed E-state index contributed by atoms with van der Waals surface area (Å²) in [4.78, 5) is 8.87. The molecule has 0 atom stereocenters. The molecule has 4 rings (SSSR count). The molecule has 3 aromatic rings. The van der Waals surface area contributed by atoms with Gasteiger partial charge in [0.2, 0.25) is 10.0 Å². The third-order valence-corrected chi connectivity index (χ3v) is 7.13. The molecule has 1 aliphatic heterocycles. The number of hydrogen-bond acceptors (Lipinski definition) is 5. The van der Waals surface area contributed by atoms with Crippen molar-refractivity contribution in [3.05, 3.63) is 60.8 Å². The Morgan fingerprint density at radius 3 is 2.25 bits per heavy atom. The van der Waals surface area contributed by atoms with Gasteiger partial charge in [0.05, 0.1) is 4.90 Å². The average molecular weight is 397 g/mol. The van der Waals surface area contributed by atoms with E-state index in [0.29, 0.717) is 31.1 Å². The monoisotopic (exact) mass is 396 g/mol. The summed E-state index contributed by atoms with van der Waals surface area (Å²) >= 11 is 0. The Balaban J connectivity index is 1.64. The fraction of sp³-hybridized carbons (Fsp3) is 0.286. The van der Waals surface area contributed by atoms with Crippen molar-refractivity contribution in [1.29, 1.82) is 0 Å². The Hall–Kier alpha value is -2.64. The number of aromatic nitrogens is 1. The summed E-state index contributed by atoms with van der Waals surface area (Å²) in [5.74, 6) is 0.889. The lowest BCUT2D eigenvalue weighted by Crippen LogP contribution is -2.48. The van der Waals surface area contributed by atoms with Crippen LogP contribution in [0.3, 0.4) is 0 Å². The molecule has 0 bridgehead atoms. The van der Waals surface area contributed by atoms with Gasteiger partial charge in [-0.2, -0.15) is 4.31 Å². The number of fused-ring (bicyclic) bond motifs is 1. The molecule has 1 aromatic heterocycles. The van der Waals surface area contributed by atoms with E-state index < -0.39 is 10.0 Å². The lowest BCUT2D eigenvalue weighted by Gasteiger charge is -2.34. The molecule has 0 saturated carbocycles. The first-order chi connectivity index (χ1) is 13.5. The van der Waals surface area contributed by atoms with Crippen molar-refractivity contribution in [2.24, 2.45) is 0 Å². The van der Waals surface area contributed by atoms with E-state index in [4.69, 9.17) is 0 Å². The van der Waals surface area contributed by atoms with E-state index in [1.54, 1.807) is 16.6 Å². The van der Waals surface area contributed by atoms with Gasteiger partial charge in [0.15, 0.2) is 0 Å². The topological polar surface area (TPSA) is 56.8 Å². The second kappa shape index (κ2) is 7.41. The van der Waals surface area contributed by atoms with Crippen LogP contribution in [0.15, 0.2) is 65.7 Å². The Morgan fingerprint density at radius 1 is 0.857 bits per heavy atom. The molecule has 0 unspecified atom stereocenters. The average Bonchev–Trinajstić information content (AvgIpc) is 2.73. The molecule has 7 heteroatoms. The summed E-state index contributed by atoms with van der Waals surface area (Å²) in [6.07, 6.45) is 1.76. The molecule has 0 N–H and O–H groups in total. The van der Waals surface area contributed by atoms with E-state index in [2.05, 4.69) is 9.88 Å². The van der Waals surface area contributed by atoms with Gasteiger partial charge in [0.25, 0.3) is 0 Å². The highest BCUT2D eigenvalue weighted by Crippen LogP contribution is 2.32. The number of piperazine rings is 1. The molecule has 0 aliphatic carbocycles. The molecule has 28 heavy (non-hydrogen) atoms. The van der Waals surface area contributed by atoms with Crippen molar-refractivity contribution in [3.8, 4) is 0 Å². The predicted octanol–water partition coefficient (Wildman–Crippen LogP) is 2.81. The van der Waals surface area contributed by atoms with Gasteiger partial charge in [-0.25, -0.2) is 13.4 Å². The number of anilines is 2. The molecule has 0 spiro atoms. The van der Waals surface area contributed by atoms with E-state index in [1.165, 1.54) is 0 Å². The SMILES string of the molecule is CN(C)c1cccc2c(S(=O)(=O)N3CCN(c4ccccn4)CC3)cccc12. The van der Waals surface area contributed by atoms with Crippen LogP contribution >= 0.6 is 0 Å². The van der Waals surface area contributed by atoms with Crippen LogP contribution in [0, 0.1) is 0 Å². The van der Waals surface area contributed by atoms with E-state index in [1.807, 2.05) is 67.5 Å². The largest absolute Gasteiger partial charge is 0.377 e. The third kappa shape index (κ3) is 3.31.